The highest BCUT2D eigenvalue weighted by Crippen LogP contribution is 2.37. The van der Waals surface area contributed by atoms with Gasteiger partial charge in [0.1, 0.15) is 17.8 Å². The van der Waals surface area contributed by atoms with Crippen LogP contribution < -0.4 is 4.90 Å². The van der Waals surface area contributed by atoms with E-state index < -0.39 is 23.7 Å². The van der Waals surface area contributed by atoms with E-state index in [2.05, 4.69) is 9.97 Å². The van der Waals surface area contributed by atoms with Crippen LogP contribution in [0.15, 0.2) is 42.7 Å². The average Bonchev–Trinajstić information content (AvgIpc) is 3.18. The van der Waals surface area contributed by atoms with Gasteiger partial charge in [-0.15, -0.1) is 0 Å². The van der Waals surface area contributed by atoms with Crippen molar-refractivity contribution in [2.24, 2.45) is 11.8 Å². The Hall–Kier alpha value is -2.97. The molecule has 4 rings (SSSR count). The van der Waals surface area contributed by atoms with Crippen molar-refractivity contribution in [3.8, 4) is 0 Å². The maximum Gasteiger partial charge on any atom is 0.433 e. The number of carbonyl (C=O) groups excluding carboxylic acids is 2. The van der Waals surface area contributed by atoms with Crippen LogP contribution in [0.5, 0.6) is 0 Å². The van der Waals surface area contributed by atoms with Gasteiger partial charge in [0.05, 0.1) is 18.4 Å². The van der Waals surface area contributed by atoms with Gasteiger partial charge in [-0.3, -0.25) is 14.5 Å². The second-order valence-corrected chi connectivity index (χ2v) is 6.63. The second kappa shape index (κ2) is 6.33. The highest BCUT2D eigenvalue weighted by atomic mass is 19.4. The number of rotatable bonds is 3. The first-order valence-corrected chi connectivity index (χ1v) is 8.38. The molecule has 140 valence electrons. The first-order valence-electron chi connectivity index (χ1n) is 8.38. The van der Waals surface area contributed by atoms with Crippen molar-refractivity contribution in [2.45, 2.75) is 12.7 Å². The van der Waals surface area contributed by atoms with Gasteiger partial charge in [-0.1, -0.05) is 30.3 Å². The SMILES string of the molecule is O=C1C2CN(c3cc(C(F)(F)F)ncn3)CC2C(=O)N1Cc1ccccc1. The molecule has 0 aliphatic carbocycles. The van der Waals surface area contributed by atoms with E-state index in [9.17, 15) is 22.8 Å². The molecule has 0 N–H and O–H groups in total. The van der Waals surface area contributed by atoms with E-state index in [-0.39, 0.29) is 37.3 Å². The number of anilines is 1. The minimum Gasteiger partial charge on any atom is -0.355 e. The summed E-state index contributed by atoms with van der Waals surface area (Å²) >= 11 is 0. The standard InChI is InChI=1S/C18H15F3N4O2/c19-18(20,21)14-6-15(23-10-22-14)24-8-12-13(9-24)17(27)25(16(12)26)7-11-4-2-1-3-5-11/h1-6,10,12-13H,7-9H2. The maximum atomic E-state index is 12.8. The van der Waals surface area contributed by atoms with E-state index in [0.717, 1.165) is 18.0 Å². The maximum absolute atomic E-state index is 12.8. The number of fused-ring (bicyclic) bond motifs is 1. The second-order valence-electron chi connectivity index (χ2n) is 6.63. The molecule has 0 bridgehead atoms. The van der Waals surface area contributed by atoms with E-state index in [4.69, 9.17) is 0 Å². The number of likely N-dealkylation sites (tertiary alicyclic amines) is 1. The zero-order chi connectivity index (χ0) is 19.2. The van der Waals surface area contributed by atoms with E-state index in [0.29, 0.717) is 0 Å². The lowest BCUT2D eigenvalue weighted by molar-refractivity contribution is -0.142. The predicted molar refractivity (Wildman–Crippen MR) is 88.2 cm³/mol. The van der Waals surface area contributed by atoms with Gasteiger partial charge in [-0.2, -0.15) is 13.2 Å². The summed E-state index contributed by atoms with van der Waals surface area (Å²) in [4.78, 5) is 35.2. The molecule has 1 aromatic heterocycles. The van der Waals surface area contributed by atoms with Crippen LogP contribution in [-0.4, -0.2) is 39.8 Å². The number of halogens is 3. The number of carbonyl (C=O) groups is 2. The molecule has 2 saturated heterocycles. The molecule has 2 amide bonds. The molecule has 2 aliphatic heterocycles. The van der Waals surface area contributed by atoms with Gasteiger partial charge in [0.2, 0.25) is 11.8 Å². The summed E-state index contributed by atoms with van der Waals surface area (Å²) in [6.07, 6.45) is -3.73. The molecule has 9 heteroatoms. The molecule has 0 radical (unpaired) electrons. The molecule has 2 unspecified atom stereocenters. The Balaban J connectivity index is 1.51. The largest absolute Gasteiger partial charge is 0.433 e. The fraction of sp³-hybridized carbons (Fsp3) is 0.333. The first-order chi connectivity index (χ1) is 12.8. The first kappa shape index (κ1) is 17.4. The third-order valence-electron chi connectivity index (χ3n) is 4.94. The molecule has 2 aliphatic rings. The van der Waals surface area contributed by atoms with E-state index in [1.165, 1.54) is 4.90 Å². The fourth-order valence-electron chi connectivity index (χ4n) is 3.60. The average molecular weight is 376 g/mol. The lowest BCUT2D eigenvalue weighted by Gasteiger charge is -2.22. The van der Waals surface area contributed by atoms with Crippen molar-refractivity contribution in [3.05, 3.63) is 54.0 Å². The van der Waals surface area contributed by atoms with Gasteiger partial charge in [0, 0.05) is 19.2 Å². The number of hydrogen-bond acceptors (Lipinski definition) is 5. The lowest BCUT2D eigenvalue weighted by atomic mass is 10.00. The van der Waals surface area contributed by atoms with Crippen molar-refractivity contribution in [2.75, 3.05) is 18.0 Å². The van der Waals surface area contributed by atoms with Gasteiger partial charge in [0.15, 0.2) is 0 Å². The summed E-state index contributed by atoms with van der Waals surface area (Å²) in [7, 11) is 0. The Morgan fingerprint density at radius 1 is 1.00 bits per heavy atom. The summed E-state index contributed by atoms with van der Waals surface area (Å²) in [5.74, 6) is -1.64. The Morgan fingerprint density at radius 2 is 1.63 bits per heavy atom. The highest BCUT2D eigenvalue weighted by Gasteiger charge is 2.52. The van der Waals surface area contributed by atoms with Crippen LogP contribution in [0.2, 0.25) is 0 Å². The van der Waals surface area contributed by atoms with Crippen molar-refractivity contribution in [3.63, 3.8) is 0 Å². The minimum absolute atomic E-state index is 0.0712. The molecule has 0 saturated carbocycles. The third-order valence-corrected chi connectivity index (χ3v) is 4.94. The molecule has 2 atom stereocenters. The van der Waals surface area contributed by atoms with Crippen molar-refractivity contribution < 1.29 is 22.8 Å². The van der Waals surface area contributed by atoms with Gasteiger partial charge in [-0.05, 0) is 5.56 Å². The van der Waals surface area contributed by atoms with Crippen LogP contribution in [0.4, 0.5) is 19.0 Å². The van der Waals surface area contributed by atoms with Crippen molar-refractivity contribution in [1.82, 2.24) is 14.9 Å². The zero-order valence-electron chi connectivity index (χ0n) is 14.1. The number of hydrogen-bond donors (Lipinski definition) is 0. The Kier molecular flexibility index (Phi) is 4.09. The summed E-state index contributed by atoms with van der Waals surface area (Å²) < 4.78 is 38.5. The zero-order valence-corrected chi connectivity index (χ0v) is 14.1. The minimum atomic E-state index is -4.58. The lowest BCUT2D eigenvalue weighted by Crippen LogP contribution is -2.36. The van der Waals surface area contributed by atoms with Crippen LogP contribution in [-0.2, 0) is 22.3 Å². The normalized spacial score (nSPS) is 22.5. The summed E-state index contributed by atoms with van der Waals surface area (Å²) in [5, 5.41) is 0. The van der Waals surface area contributed by atoms with Crippen molar-refractivity contribution in [1.29, 1.82) is 0 Å². The molecule has 27 heavy (non-hydrogen) atoms. The van der Waals surface area contributed by atoms with Crippen LogP contribution in [0, 0.1) is 11.8 Å². The molecule has 0 spiro atoms. The number of nitrogens with zero attached hydrogens (tertiary/aromatic N) is 4. The molecule has 3 heterocycles. The van der Waals surface area contributed by atoms with E-state index >= 15 is 0 Å². The number of aromatic nitrogens is 2. The van der Waals surface area contributed by atoms with Gasteiger partial charge in [-0.25, -0.2) is 9.97 Å². The Morgan fingerprint density at radius 3 is 2.22 bits per heavy atom. The van der Waals surface area contributed by atoms with Crippen LogP contribution >= 0.6 is 0 Å². The van der Waals surface area contributed by atoms with Crippen LogP contribution in [0.1, 0.15) is 11.3 Å². The van der Waals surface area contributed by atoms with Crippen LogP contribution in [0.3, 0.4) is 0 Å². The summed E-state index contributed by atoms with van der Waals surface area (Å²) in [6.45, 7) is 0.529. The summed E-state index contributed by atoms with van der Waals surface area (Å²) in [6, 6.07) is 10.0. The summed E-state index contributed by atoms with van der Waals surface area (Å²) in [5.41, 5.74) is -0.199. The van der Waals surface area contributed by atoms with E-state index in [1.807, 2.05) is 30.3 Å². The number of alkyl halides is 3. The van der Waals surface area contributed by atoms with E-state index in [1.54, 1.807) is 4.90 Å². The fourth-order valence-corrected chi connectivity index (χ4v) is 3.60. The van der Waals surface area contributed by atoms with Crippen molar-refractivity contribution >= 4 is 17.6 Å². The Bertz CT molecular complexity index is 864. The highest BCUT2D eigenvalue weighted by molar-refractivity contribution is 6.06. The number of benzene rings is 1. The van der Waals surface area contributed by atoms with Gasteiger partial charge in [0.25, 0.3) is 0 Å². The molecule has 1 aromatic carbocycles. The monoisotopic (exact) mass is 376 g/mol. The number of amides is 2. The third kappa shape index (κ3) is 3.13. The molecule has 2 fully saturated rings. The predicted octanol–water partition coefficient (Wildman–Crippen LogP) is 2.12. The molecule has 2 aromatic rings. The van der Waals surface area contributed by atoms with Crippen LogP contribution in [0.25, 0.3) is 0 Å². The quantitative estimate of drug-likeness (QED) is 0.768. The topological polar surface area (TPSA) is 66.4 Å². The Labute approximate surface area is 152 Å². The van der Waals surface area contributed by atoms with Gasteiger partial charge < -0.3 is 4.90 Å². The van der Waals surface area contributed by atoms with Gasteiger partial charge >= 0.3 is 6.18 Å². The molecular formula is C18H15F3N4O2. The molecule has 6 nitrogen and oxygen atoms in total. The smallest absolute Gasteiger partial charge is 0.355 e. The number of imide groups is 1. The molecular weight excluding hydrogens is 361 g/mol.